The smallest absolute Gasteiger partial charge is 0.126 e. The van der Waals surface area contributed by atoms with Crippen LogP contribution in [-0.4, -0.2) is 18.3 Å². The lowest BCUT2D eigenvalue weighted by Gasteiger charge is -2.24. The lowest BCUT2D eigenvalue weighted by Crippen LogP contribution is -2.18. The zero-order valence-corrected chi connectivity index (χ0v) is 13.5. The number of fused-ring (bicyclic) bond motifs is 1. The van der Waals surface area contributed by atoms with Crippen molar-refractivity contribution in [1.29, 1.82) is 0 Å². The largest absolute Gasteiger partial charge is 0.492 e. The maximum atomic E-state index is 9.12. The van der Waals surface area contributed by atoms with Gasteiger partial charge in [0.2, 0.25) is 0 Å². The Morgan fingerprint density at radius 1 is 1.35 bits per heavy atom. The number of rotatable bonds is 2. The molecule has 20 heavy (non-hydrogen) atoms. The van der Waals surface area contributed by atoms with Crippen molar-refractivity contribution in [1.82, 2.24) is 0 Å². The zero-order chi connectivity index (χ0) is 15.1. The van der Waals surface area contributed by atoms with Crippen LogP contribution in [0.3, 0.4) is 0 Å². The van der Waals surface area contributed by atoms with Crippen molar-refractivity contribution in [3.8, 4) is 5.75 Å². The number of benzene rings is 1. The molecule has 1 heterocycles. The van der Waals surface area contributed by atoms with E-state index in [9.17, 15) is 0 Å². The van der Waals surface area contributed by atoms with Crippen molar-refractivity contribution in [3.05, 3.63) is 34.9 Å². The van der Waals surface area contributed by atoms with E-state index in [-0.39, 0.29) is 17.4 Å². The number of aliphatic hydroxyl groups excluding tert-OH is 1. The Hall–Kier alpha value is -1.28. The Morgan fingerprint density at radius 3 is 2.55 bits per heavy atom. The molecule has 1 aliphatic heterocycles. The van der Waals surface area contributed by atoms with E-state index in [4.69, 9.17) is 9.84 Å². The first-order valence-electron chi connectivity index (χ1n) is 7.26. The van der Waals surface area contributed by atoms with Crippen molar-refractivity contribution >= 4 is 5.57 Å². The Kier molecular flexibility index (Phi) is 3.72. The minimum absolute atomic E-state index is 0.0417. The SMILES string of the molecule is C/C(=C/CO)c1cc(C(C)(C)C)c2c(c1)C(C)(C)CO2. The Labute approximate surface area is 122 Å². The van der Waals surface area contributed by atoms with Crippen LogP contribution in [0.4, 0.5) is 0 Å². The molecule has 0 bridgehead atoms. The molecule has 2 heteroatoms. The standard InChI is InChI=1S/C18H26O2/c1-12(7-8-19)13-9-14(17(2,3)4)16-15(10-13)18(5,6)11-20-16/h7,9-10,19H,8,11H2,1-6H3/b12-7-. The molecule has 0 saturated heterocycles. The van der Waals surface area contributed by atoms with Crippen LogP contribution in [0.2, 0.25) is 0 Å². The van der Waals surface area contributed by atoms with Gasteiger partial charge in [0.25, 0.3) is 0 Å². The van der Waals surface area contributed by atoms with Crippen molar-refractivity contribution in [2.24, 2.45) is 0 Å². The summed E-state index contributed by atoms with van der Waals surface area (Å²) in [5.41, 5.74) is 4.92. The highest BCUT2D eigenvalue weighted by Gasteiger charge is 2.36. The molecule has 1 aliphatic rings. The van der Waals surface area contributed by atoms with E-state index < -0.39 is 0 Å². The molecule has 0 amide bonds. The van der Waals surface area contributed by atoms with E-state index in [1.54, 1.807) is 0 Å². The van der Waals surface area contributed by atoms with E-state index in [0.717, 1.165) is 17.9 Å². The van der Waals surface area contributed by atoms with Crippen LogP contribution in [0.1, 0.15) is 58.2 Å². The van der Waals surface area contributed by atoms with Gasteiger partial charge in [-0.05, 0) is 35.6 Å². The molecule has 0 atom stereocenters. The van der Waals surface area contributed by atoms with E-state index in [2.05, 4.69) is 46.8 Å². The fraction of sp³-hybridized carbons (Fsp3) is 0.556. The lowest BCUT2D eigenvalue weighted by molar-refractivity contribution is 0.286. The summed E-state index contributed by atoms with van der Waals surface area (Å²) in [7, 11) is 0. The first kappa shape index (κ1) is 15.1. The quantitative estimate of drug-likeness (QED) is 0.881. The minimum Gasteiger partial charge on any atom is -0.492 e. The van der Waals surface area contributed by atoms with Crippen LogP contribution in [0.15, 0.2) is 18.2 Å². The van der Waals surface area contributed by atoms with Gasteiger partial charge in [-0.1, -0.05) is 40.7 Å². The zero-order valence-electron chi connectivity index (χ0n) is 13.5. The maximum absolute atomic E-state index is 9.12. The number of allylic oxidation sites excluding steroid dienone is 1. The fourth-order valence-corrected chi connectivity index (χ4v) is 2.66. The van der Waals surface area contributed by atoms with Crippen LogP contribution in [0.5, 0.6) is 5.75 Å². The normalized spacial score (nSPS) is 17.9. The van der Waals surface area contributed by atoms with Gasteiger partial charge in [-0.2, -0.15) is 0 Å². The van der Waals surface area contributed by atoms with Gasteiger partial charge in [0.1, 0.15) is 5.75 Å². The predicted molar refractivity (Wildman–Crippen MR) is 84.4 cm³/mol. The predicted octanol–water partition coefficient (Wildman–Crippen LogP) is 4.05. The summed E-state index contributed by atoms with van der Waals surface area (Å²) in [5, 5.41) is 9.12. The highest BCUT2D eigenvalue weighted by atomic mass is 16.5. The van der Waals surface area contributed by atoms with Crippen LogP contribution < -0.4 is 4.74 Å². The summed E-state index contributed by atoms with van der Waals surface area (Å²) >= 11 is 0. The average Bonchev–Trinajstić information content (AvgIpc) is 2.63. The second-order valence-corrected chi connectivity index (χ2v) is 7.39. The van der Waals surface area contributed by atoms with Crippen molar-refractivity contribution in [2.75, 3.05) is 13.2 Å². The molecule has 0 aromatic heterocycles. The first-order chi connectivity index (χ1) is 9.16. The molecule has 0 saturated carbocycles. The average molecular weight is 274 g/mol. The third kappa shape index (κ3) is 2.62. The lowest BCUT2D eigenvalue weighted by atomic mass is 9.79. The molecular formula is C18H26O2. The third-order valence-corrected chi connectivity index (χ3v) is 4.06. The van der Waals surface area contributed by atoms with Crippen molar-refractivity contribution in [3.63, 3.8) is 0 Å². The van der Waals surface area contributed by atoms with Gasteiger partial charge in [0.15, 0.2) is 0 Å². The van der Waals surface area contributed by atoms with E-state index >= 15 is 0 Å². The number of ether oxygens (including phenoxy) is 1. The molecule has 0 spiro atoms. The molecule has 0 aliphatic carbocycles. The molecule has 1 aromatic carbocycles. The van der Waals surface area contributed by atoms with E-state index in [0.29, 0.717) is 0 Å². The van der Waals surface area contributed by atoms with Crippen LogP contribution in [0, 0.1) is 0 Å². The van der Waals surface area contributed by atoms with Crippen LogP contribution in [0.25, 0.3) is 5.57 Å². The molecule has 1 N–H and O–H groups in total. The molecule has 2 nitrogen and oxygen atoms in total. The number of hydrogen-bond donors (Lipinski definition) is 1. The minimum atomic E-state index is 0.0417. The Balaban J connectivity index is 2.68. The van der Waals surface area contributed by atoms with Gasteiger partial charge >= 0.3 is 0 Å². The van der Waals surface area contributed by atoms with Crippen LogP contribution >= 0.6 is 0 Å². The monoisotopic (exact) mass is 274 g/mol. The van der Waals surface area contributed by atoms with Crippen molar-refractivity contribution < 1.29 is 9.84 Å². The molecule has 0 unspecified atom stereocenters. The van der Waals surface area contributed by atoms with Crippen molar-refractivity contribution in [2.45, 2.75) is 52.4 Å². The maximum Gasteiger partial charge on any atom is 0.126 e. The summed E-state index contributed by atoms with van der Waals surface area (Å²) in [5.74, 6) is 1.06. The highest BCUT2D eigenvalue weighted by Crippen LogP contribution is 2.46. The molecule has 2 rings (SSSR count). The van der Waals surface area contributed by atoms with Gasteiger partial charge in [0.05, 0.1) is 13.2 Å². The van der Waals surface area contributed by atoms with E-state index in [1.807, 2.05) is 13.0 Å². The summed E-state index contributed by atoms with van der Waals surface area (Å²) in [4.78, 5) is 0. The summed E-state index contributed by atoms with van der Waals surface area (Å²) < 4.78 is 6.00. The van der Waals surface area contributed by atoms with Crippen LogP contribution in [-0.2, 0) is 10.8 Å². The first-order valence-corrected chi connectivity index (χ1v) is 7.26. The summed E-state index contributed by atoms with van der Waals surface area (Å²) in [6.07, 6.45) is 1.86. The molecule has 0 radical (unpaired) electrons. The molecule has 0 fully saturated rings. The van der Waals surface area contributed by atoms with Gasteiger partial charge < -0.3 is 9.84 Å². The highest BCUT2D eigenvalue weighted by molar-refractivity contribution is 5.69. The number of hydrogen-bond acceptors (Lipinski definition) is 2. The molecule has 110 valence electrons. The Morgan fingerprint density at radius 2 is 2.00 bits per heavy atom. The summed E-state index contributed by atoms with van der Waals surface area (Å²) in [6, 6.07) is 4.43. The van der Waals surface area contributed by atoms with Gasteiger partial charge in [-0.25, -0.2) is 0 Å². The van der Waals surface area contributed by atoms with Gasteiger partial charge in [-0.15, -0.1) is 0 Å². The van der Waals surface area contributed by atoms with E-state index in [1.165, 1.54) is 16.7 Å². The molecule has 1 aromatic rings. The second kappa shape index (κ2) is 4.92. The van der Waals surface area contributed by atoms with Gasteiger partial charge in [-0.3, -0.25) is 0 Å². The van der Waals surface area contributed by atoms with Gasteiger partial charge in [0, 0.05) is 16.5 Å². The fourth-order valence-electron chi connectivity index (χ4n) is 2.66. The Bertz CT molecular complexity index is 545. The summed E-state index contributed by atoms with van der Waals surface area (Å²) in [6.45, 7) is 13.9. The second-order valence-electron chi connectivity index (χ2n) is 7.39. The molecular weight excluding hydrogens is 248 g/mol. The third-order valence-electron chi connectivity index (χ3n) is 4.06. The number of aliphatic hydroxyl groups is 1. The topological polar surface area (TPSA) is 29.5 Å².